The molecule has 0 amide bonds. The Hall–Kier alpha value is -2.85. The Morgan fingerprint density at radius 1 is 0.722 bits per heavy atom. The van der Waals surface area contributed by atoms with Crippen LogP contribution in [0.2, 0.25) is 6.04 Å². The van der Waals surface area contributed by atoms with E-state index in [1.807, 2.05) is 18.2 Å². The van der Waals surface area contributed by atoms with E-state index in [4.69, 9.17) is 20.8 Å². The summed E-state index contributed by atoms with van der Waals surface area (Å²) in [6, 6.07) is 39.3. The van der Waals surface area contributed by atoms with Crippen LogP contribution in [0.15, 0.2) is 109 Å². The number of benzene rings is 4. The van der Waals surface area contributed by atoms with E-state index in [0.29, 0.717) is 12.5 Å². The van der Waals surface area contributed by atoms with Gasteiger partial charge >= 0.3 is 0 Å². The molecule has 0 aliphatic rings. The summed E-state index contributed by atoms with van der Waals surface area (Å²) in [7, 11) is -0.766. The summed E-state index contributed by atoms with van der Waals surface area (Å²) in [4.78, 5) is 0. The van der Waals surface area contributed by atoms with Gasteiger partial charge in [0.15, 0.2) is 0 Å². The minimum absolute atomic E-state index is 0.126. The van der Waals surface area contributed by atoms with Crippen molar-refractivity contribution in [3.05, 3.63) is 126 Å². The fourth-order valence-electron chi connectivity index (χ4n) is 4.83. The highest BCUT2D eigenvalue weighted by Crippen LogP contribution is 2.28. The molecule has 0 heterocycles. The Morgan fingerprint density at radius 3 is 1.94 bits per heavy atom. The third-order valence-electron chi connectivity index (χ3n) is 6.52. The number of hydrogen-bond donors (Lipinski definition) is 0. The number of alkyl halides is 1. The van der Waals surface area contributed by atoms with Crippen molar-refractivity contribution in [3.8, 4) is 5.75 Å². The first kappa shape index (κ1) is 26.2. The van der Waals surface area contributed by atoms with Gasteiger partial charge < -0.3 is 9.16 Å². The van der Waals surface area contributed by atoms with E-state index < -0.39 is 8.32 Å². The molecule has 0 N–H and O–H groups in total. The van der Waals surface area contributed by atoms with Gasteiger partial charge in [0.2, 0.25) is 0 Å². The molecule has 0 radical (unpaired) electrons. The van der Waals surface area contributed by atoms with Crippen molar-refractivity contribution in [2.24, 2.45) is 5.92 Å². The van der Waals surface area contributed by atoms with Crippen LogP contribution in [0.25, 0.3) is 0 Å². The van der Waals surface area contributed by atoms with Crippen LogP contribution >= 0.6 is 11.6 Å². The number of ether oxygens (including phenoxy) is 1. The summed E-state index contributed by atoms with van der Waals surface area (Å²) in [5, 5.41) is 2.51. The molecule has 0 saturated carbocycles. The van der Waals surface area contributed by atoms with Gasteiger partial charge in [-0.3, -0.25) is 0 Å². The first-order valence-electron chi connectivity index (χ1n) is 12.6. The van der Waals surface area contributed by atoms with Crippen LogP contribution in [0.4, 0.5) is 0 Å². The molecule has 4 aromatic rings. The average Bonchev–Trinajstić information content (AvgIpc) is 2.92. The molecule has 1 unspecified atom stereocenters. The molecule has 0 saturated heterocycles. The summed E-state index contributed by atoms with van der Waals surface area (Å²) in [5.41, 5.74) is 3.44. The monoisotopic (exact) mass is 514 g/mol. The van der Waals surface area contributed by atoms with E-state index in [9.17, 15) is 0 Å². The van der Waals surface area contributed by atoms with Gasteiger partial charge in [-0.25, -0.2) is 0 Å². The Labute approximate surface area is 222 Å². The fraction of sp³-hybridized carbons (Fsp3) is 0.250. The van der Waals surface area contributed by atoms with Gasteiger partial charge in [0.25, 0.3) is 8.32 Å². The van der Waals surface area contributed by atoms with Crippen LogP contribution < -0.4 is 15.1 Å². The standard InChI is InChI=1S/C32H35ClO2Si/c1-25(2)24-36(30-16-6-4-7-17-30,31-18-8-5-9-19-31)35-23-27-13-10-12-26(20-27)21-32(33)28-14-11-15-29(22-28)34-3/h4-20,22,25,32H,21,23-24H2,1-3H3. The van der Waals surface area contributed by atoms with Crippen molar-refractivity contribution >= 4 is 30.3 Å². The molecule has 186 valence electrons. The zero-order valence-corrected chi connectivity index (χ0v) is 23.1. The summed E-state index contributed by atoms with van der Waals surface area (Å²) < 4.78 is 12.4. The predicted octanol–water partition coefficient (Wildman–Crippen LogP) is 7.15. The van der Waals surface area contributed by atoms with Crippen molar-refractivity contribution in [1.82, 2.24) is 0 Å². The van der Waals surface area contributed by atoms with Crippen LogP contribution in [-0.4, -0.2) is 15.4 Å². The van der Waals surface area contributed by atoms with Crippen LogP contribution in [0, 0.1) is 5.92 Å². The van der Waals surface area contributed by atoms with E-state index in [1.165, 1.54) is 21.5 Å². The van der Waals surface area contributed by atoms with Gasteiger partial charge in [0, 0.05) is 0 Å². The van der Waals surface area contributed by atoms with Crippen LogP contribution in [0.1, 0.15) is 35.9 Å². The van der Waals surface area contributed by atoms with Crippen molar-refractivity contribution in [3.63, 3.8) is 0 Å². The largest absolute Gasteiger partial charge is 0.497 e. The minimum Gasteiger partial charge on any atom is -0.497 e. The molecule has 4 rings (SSSR count). The molecule has 36 heavy (non-hydrogen) atoms. The van der Waals surface area contributed by atoms with Crippen molar-refractivity contribution < 1.29 is 9.16 Å². The SMILES string of the molecule is COc1cccc(C(Cl)Cc2cccc(CO[Si](CC(C)C)(c3ccccc3)c3ccccc3)c2)c1. The molecule has 0 aromatic heterocycles. The third kappa shape index (κ3) is 6.47. The van der Waals surface area contributed by atoms with Gasteiger partial charge in [-0.2, -0.15) is 0 Å². The smallest absolute Gasteiger partial charge is 0.256 e. The van der Waals surface area contributed by atoms with E-state index in [1.54, 1.807) is 7.11 Å². The molecule has 4 heteroatoms. The molecule has 4 aromatic carbocycles. The molecule has 0 aliphatic carbocycles. The molecular weight excluding hydrogens is 480 g/mol. The summed E-state index contributed by atoms with van der Waals surface area (Å²) >= 11 is 6.81. The Balaban J connectivity index is 1.58. The van der Waals surface area contributed by atoms with E-state index >= 15 is 0 Å². The van der Waals surface area contributed by atoms with Gasteiger partial charge in [0.1, 0.15) is 5.75 Å². The molecule has 0 bridgehead atoms. The molecule has 0 aliphatic heterocycles. The lowest BCUT2D eigenvalue weighted by molar-refractivity contribution is 0.299. The minimum atomic E-state index is -2.45. The van der Waals surface area contributed by atoms with Gasteiger partial charge in [-0.15, -0.1) is 11.6 Å². The molecule has 1 atom stereocenters. The molecule has 2 nitrogen and oxygen atoms in total. The van der Waals surface area contributed by atoms with Gasteiger partial charge in [-0.05, 0) is 57.6 Å². The summed E-state index contributed by atoms with van der Waals surface area (Å²) in [6.45, 7) is 5.15. The maximum atomic E-state index is 7.06. The first-order valence-corrected chi connectivity index (χ1v) is 15.2. The van der Waals surface area contributed by atoms with Gasteiger partial charge in [0.05, 0.1) is 19.1 Å². The van der Waals surface area contributed by atoms with Crippen LogP contribution in [-0.2, 0) is 17.5 Å². The second-order valence-electron chi connectivity index (χ2n) is 9.71. The van der Waals surface area contributed by atoms with Crippen LogP contribution in [0.5, 0.6) is 5.75 Å². The maximum absolute atomic E-state index is 7.06. The van der Waals surface area contributed by atoms with E-state index in [2.05, 4.69) is 105 Å². The second-order valence-corrected chi connectivity index (χ2v) is 13.7. The lowest BCUT2D eigenvalue weighted by atomic mass is 10.0. The Bertz CT molecular complexity index is 1190. The highest BCUT2D eigenvalue weighted by molar-refractivity contribution is 6.97. The Kier molecular flexibility index (Phi) is 9.03. The maximum Gasteiger partial charge on any atom is 0.256 e. The number of rotatable bonds is 11. The molecule has 0 fully saturated rings. The first-order chi connectivity index (χ1) is 17.5. The second kappa shape index (κ2) is 12.4. The average molecular weight is 515 g/mol. The zero-order chi connectivity index (χ0) is 25.4. The zero-order valence-electron chi connectivity index (χ0n) is 21.4. The molecular formula is C32H35ClO2Si. The summed E-state index contributed by atoms with van der Waals surface area (Å²) in [6.07, 6.45) is 0.745. The van der Waals surface area contributed by atoms with Crippen molar-refractivity contribution in [2.75, 3.05) is 7.11 Å². The summed E-state index contributed by atoms with van der Waals surface area (Å²) in [5.74, 6) is 1.34. The van der Waals surface area contributed by atoms with Crippen LogP contribution in [0.3, 0.4) is 0 Å². The van der Waals surface area contributed by atoms with E-state index in [0.717, 1.165) is 23.8 Å². The number of methoxy groups -OCH3 is 1. The quantitative estimate of drug-likeness (QED) is 0.156. The lowest BCUT2D eigenvalue weighted by Gasteiger charge is -2.34. The molecule has 0 spiro atoms. The van der Waals surface area contributed by atoms with Crippen molar-refractivity contribution in [1.29, 1.82) is 0 Å². The highest BCUT2D eigenvalue weighted by Gasteiger charge is 2.40. The number of hydrogen-bond acceptors (Lipinski definition) is 2. The fourth-order valence-corrected chi connectivity index (χ4v) is 9.43. The van der Waals surface area contributed by atoms with E-state index in [-0.39, 0.29) is 5.38 Å². The number of halogens is 1. The topological polar surface area (TPSA) is 18.5 Å². The van der Waals surface area contributed by atoms with Gasteiger partial charge in [-0.1, -0.05) is 111 Å². The van der Waals surface area contributed by atoms with Crippen molar-refractivity contribution in [2.45, 2.75) is 38.3 Å². The lowest BCUT2D eigenvalue weighted by Crippen LogP contribution is -2.61. The third-order valence-corrected chi connectivity index (χ3v) is 11.5. The normalized spacial score (nSPS) is 12.5. The highest BCUT2D eigenvalue weighted by atomic mass is 35.5. The predicted molar refractivity (Wildman–Crippen MR) is 154 cm³/mol. The Morgan fingerprint density at radius 2 is 1.33 bits per heavy atom.